The third kappa shape index (κ3) is 4.52. The van der Waals surface area contributed by atoms with E-state index in [1.54, 1.807) is 0 Å². The van der Waals surface area contributed by atoms with Crippen LogP contribution in [0.1, 0.15) is 24.8 Å². The fraction of sp³-hybridized carbons (Fsp3) is 0.588. The summed E-state index contributed by atoms with van der Waals surface area (Å²) >= 11 is 0. The van der Waals surface area contributed by atoms with Crippen molar-refractivity contribution < 1.29 is 4.79 Å². The van der Waals surface area contributed by atoms with Crippen molar-refractivity contribution in [2.45, 2.75) is 32.2 Å². The Balaban J connectivity index is 0.00000132. The molecule has 6 heteroatoms. The van der Waals surface area contributed by atoms with E-state index in [1.807, 2.05) is 4.90 Å². The standard InChI is InChI=1S/C17H25N3O.2ClH/c1-13-4-2-3-5-16(13)19-8-10-20(11-9-19)17(21)14-6-7-15(18)12-14;;/h2-5,14-15H,6-12,18H2,1H3;2*1H. The smallest absolute Gasteiger partial charge is 0.225 e. The van der Waals surface area contributed by atoms with Gasteiger partial charge in [0.1, 0.15) is 0 Å². The zero-order chi connectivity index (χ0) is 14.8. The second-order valence-electron chi connectivity index (χ2n) is 6.37. The van der Waals surface area contributed by atoms with Crippen molar-refractivity contribution in [3.8, 4) is 0 Å². The predicted molar refractivity (Wildman–Crippen MR) is 99.8 cm³/mol. The Kier molecular flexibility index (Phi) is 7.65. The van der Waals surface area contributed by atoms with Gasteiger partial charge in [0.05, 0.1) is 0 Å². The van der Waals surface area contributed by atoms with Crippen LogP contribution in [0.2, 0.25) is 0 Å². The molecule has 0 spiro atoms. The molecule has 1 saturated carbocycles. The van der Waals surface area contributed by atoms with E-state index < -0.39 is 0 Å². The van der Waals surface area contributed by atoms with Crippen LogP contribution in [0.3, 0.4) is 0 Å². The number of nitrogens with two attached hydrogens (primary N) is 1. The van der Waals surface area contributed by atoms with Crippen molar-refractivity contribution in [2.24, 2.45) is 11.7 Å². The molecule has 2 atom stereocenters. The third-order valence-electron chi connectivity index (χ3n) is 4.87. The molecule has 4 nitrogen and oxygen atoms in total. The van der Waals surface area contributed by atoms with Gasteiger partial charge in [0.2, 0.25) is 5.91 Å². The average molecular weight is 360 g/mol. The molecule has 3 rings (SSSR count). The van der Waals surface area contributed by atoms with Gasteiger partial charge in [0.15, 0.2) is 0 Å². The summed E-state index contributed by atoms with van der Waals surface area (Å²) in [7, 11) is 0. The molecule has 1 aliphatic carbocycles. The summed E-state index contributed by atoms with van der Waals surface area (Å²) in [6.45, 7) is 5.66. The Bertz CT molecular complexity index is 518. The minimum absolute atomic E-state index is 0. The molecule has 1 aromatic carbocycles. The maximum atomic E-state index is 12.5. The molecule has 1 heterocycles. The Morgan fingerprint density at radius 2 is 1.74 bits per heavy atom. The van der Waals surface area contributed by atoms with Crippen LogP contribution in [0.5, 0.6) is 0 Å². The number of hydrogen-bond donors (Lipinski definition) is 1. The van der Waals surface area contributed by atoms with Gasteiger partial charge in [-0.1, -0.05) is 18.2 Å². The minimum atomic E-state index is 0. The van der Waals surface area contributed by atoms with Crippen molar-refractivity contribution in [3.63, 3.8) is 0 Å². The molecular formula is C17H27Cl2N3O. The summed E-state index contributed by atoms with van der Waals surface area (Å²) in [5.41, 5.74) is 8.53. The Morgan fingerprint density at radius 1 is 1.09 bits per heavy atom. The number of nitrogens with zero attached hydrogens (tertiary/aromatic N) is 2. The van der Waals surface area contributed by atoms with Gasteiger partial charge in [0.25, 0.3) is 0 Å². The Labute approximate surface area is 151 Å². The summed E-state index contributed by atoms with van der Waals surface area (Å²) in [5.74, 6) is 0.498. The van der Waals surface area contributed by atoms with E-state index in [-0.39, 0.29) is 36.8 Å². The summed E-state index contributed by atoms with van der Waals surface area (Å²) in [4.78, 5) is 16.9. The van der Waals surface area contributed by atoms with E-state index in [0.29, 0.717) is 5.91 Å². The maximum absolute atomic E-state index is 12.5. The Morgan fingerprint density at radius 3 is 2.30 bits per heavy atom. The summed E-state index contributed by atoms with van der Waals surface area (Å²) in [6, 6.07) is 8.70. The summed E-state index contributed by atoms with van der Waals surface area (Å²) < 4.78 is 0. The van der Waals surface area contributed by atoms with Gasteiger partial charge in [-0.3, -0.25) is 4.79 Å². The van der Waals surface area contributed by atoms with Gasteiger partial charge < -0.3 is 15.5 Å². The van der Waals surface area contributed by atoms with Crippen LogP contribution in [-0.2, 0) is 4.79 Å². The summed E-state index contributed by atoms with van der Waals surface area (Å²) in [6.07, 6.45) is 2.84. The molecular weight excluding hydrogens is 333 g/mol. The number of aryl methyl sites for hydroxylation is 1. The van der Waals surface area contributed by atoms with Gasteiger partial charge in [0, 0.05) is 43.8 Å². The van der Waals surface area contributed by atoms with Gasteiger partial charge >= 0.3 is 0 Å². The second kappa shape index (κ2) is 8.76. The lowest BCUT2D eigenvalue weighted by Gasteiger charge is -2.37. The van der Waals surface area contributed by atoms with Crippen LogP contribution in [0.15, 0.2) is 24.3 Å². The lowest BCUT2D eigenvalue weighted by molar-refractivity contribution is -0.135. The van der Waals surface area contributed by atoms with Crippen molar-refractivity contribution in [2.75, 3.05) is 31.1 Å². The molecule has 2 aliphatic rings. The molecule has 23 heavy (non-hydrogen) atoms. The zero-order valence-corrected chi connectivity index (χ0v) is 15.2. The highest BCUT2D eigenvalue weighted by Gasteiger charge is 2.32. The number of rotatable bonds is 2. The van der Waals surface area contributed by atoms with Crippen LogP contribution in [0, 0.1) is 12.8 Å². The van der Waals surface area contributed by atoms with E-state index in [4.69, 9.17) is 5.73 Å². The fourth-order valence-corrected chi connectivity index (χ4v) is 3.58. The lowest BCUT2D eigenvalue weighted by atomic mass is 10.1. The number of para-hydroxylation sites is 1. The largest absolute Gasteiger partial charge is 0.368 e. The van der Waals surface area contributed by atoms with Crippen LogP contribution < -0.4 is 10.6 Å². The van der Waals surface area contributed by atoms with Crippen LogP contribution in [0.25, 0.3) is 0 Å². The molecule has 1 saturated heterocycles. The third-order valence-corrected chi connectivity index (χ3v) is 4.87. The molecule has 1 aromatic rings. The molecule has 0 aromatic heterocycles. The monoisotopic (exact) mass is 359 g/mol. The van der Waals surface area contributed by atoms with Crippen molar-refractivity contribution in [1.82, 2.24) is 4.90 Å². The number of anilines is 1. The number of piperazine rings is 1. The first kappa shape index (κ1) is 20.1. The average Bonchev–Trinajstić information content (AvgIpc) is 2.94. The molecule has 0 radical (unpaired) electrons. The van der Waals surface area contributed by atoms with Crippen molar-refractivity contribution >= 4 is 36.4 Å². The number of benzene rings is 1. The molecule has 0 bridgehead atoms. The molecule has 1 amide bonds. The van der Waals surface area contributed by atoms with Gasteiger partial charge in [-0.25, -0.2) is 0 Å². The molecule has 2 N–H and O–H groups in total. The maximum Gasteiger partial charge on any atom is 0.225 e. The van der Waals surface area contributed by atoms with E-state index in [0.717, 1.165) is 45.4 Å². The van der Waals surface area contributed by atoms with Crippen LogP contribution >= 0.6 is 24.8 Å². The van der Waals surface area contributed by atoms with Crippen molar-refractivity contribution in [1.29, 1.82) is 0 Å². The SMILES string of the molecule is Cc1ccccc1N1CCN(C(=O)C2CCC(N)C2)CC1.Cl.Cl. The van der Waals surface area contributed by atoms with Crippen LogP contribution in [-0.4, -0.2) is 43.0 Å². The molecule has 2 unspecified atom stereocenters. The number of carbonyl (C=O) groups excluding carboxylic acids is 1. The predicted octanol–water partition coefficient (Wildman–Crippen LogP) is 2.61. The van der Waals surface area contributed by atoms with E-state index in [1.165, 1.54) is 11.3 Å². The van der Waals surface area contributed by atoms with Crippen LogP contribution in [0.4, 0.5) is 5.69 Å². The fourth-order valence-electron chi connectivity index (χ4n) is 3.58. The van der Waals surface area contributed by atoms with E-state index in [9.17, 15) is 4.79 Å². The van der Waals surface area contributed by atoms with Crippen molar-refractivity contribution in [3.05, 3.63) is 29.8 Å². The highest BCUT2D eigenvalue weighted by Crippen LogP contribution is 2.27. The first-order chi connectivity index (χ1) is 10.1. The quantitative estimate of drug-likeness (QED) is 0.882. The summed E-state index contributed by atoms with van der Waals surface area (Å²) in [5, 5.41) is 0. The number of amides is 1. The van der Waals surface area contributed by atoms with Gasteiger partial charge in [-0.05, 0) is 37.8 Å². The van der Waals surface area contributed by atoms with E-state index in [2.05, 4.69) is 36.1 Å². The highest BCUT2D eigenvalue weighted by molar-refractivity contribution is 5.85. The first-order valence-corrected chi connectivity index (χ1v) is 8.00. The van der Waals surface area contributed by atoms with Gasteiger partial charge in [-0.2, -0.15) is 0 Å². The number of hydrogen-bond acceptors (Lipinski definition) is 3. The second-order valence-corrected chi connectivity index (χ2v) is 6.37. The molecule has 2 fully saturated rings. The first-order valence-electron chi connectivity index (χ1n) is 8.00. The topological polar surface area (TPSA) is 49.6 Å². The minimum Gasteiger partial charge on any atom is -0.368 e. The van der Waals surface area contributed by atoms with E-state index >= 15 is 0 Å². The molecule has 130 valence electrons. The lowest BCUT2D eigenvalue weighted by Crippen LogP contribution is -2.50. The van der Waals surface area contributed by atoms with Gasteiger partial charge in [-0.15, -0.1) is 24.8 Å². The number of halogens is 2. The zero-order valence-electron chi connectivity index (χ0n) is 13.6. The highest BCUT2D eigenvalue weighted by atomic mass is 35.5. The molecule has 1 aliphatic heterocycles. The normalized spacial score (nSPS) is 23.9. The number of carbonyl (C=O) groups is 1. The Hall–Kier alpha value is -0.970.